The number of likely N-dealkylation sites (N-methyl/N-ethyl adjacent to an activating group) is 1. The Morgan fingerprint density at radius 3 is 1.87 bits per heavy atom. The number of aliphatic hydroxyl groups excluding tert-OH is 6. The number of rotatable bonds is 15. The summed E-state index contributed by atoms with van der Waals surface area (Å²) in [6.07, 6.45) is -22.4. The number of phenols is 3. The van der Waals surface area contributed by atoms with E-state index in [9.17, 15) is 70.2 Å². The van der Waals surface area contributed by atoms with Gasteiger partial charge >= 0.3 is 5.97 Å². The van der Waals surface area contributed by atoms with Gasteiger partial charge in [-0.05, 0) is 124 Å². The number of amides is 7. The number of carboxylic acids is 1. The summed E-state index contributed by atoms with van der Waals surface area (Å²) in [5, 5.41) is 132. The number of aliphatic hydroxyl groups is 6. The number of halogens is 1. The molecule has 8 aliphatic rings. The second kappa shape index (κ2) is 32.8. The number of ether oxygens (including phenoxy) is 8. The molecule has 0 radical (unpaired) electrons. The number of carboxylic acid groups (broad SMARTS) is 1. The molecule has 0 spiro atoms. The Kier molecular flexibility index (Phi) is 24.2. The lowest BCUT2D eigenvalue weighted by atomic mass is 9.86. The zero-order valence-corrected chi connectivity index (χ0v) is 61.1. The molecular weight excluding hydrogens is 1470 g/mol. The molecule has 0 saturated carbocycles. The van der Waals surface area contributed by atoms with Gasteiger partial charge in [0.2, 0.25) is 53.4 Å². The van der Waals surface area contributed by atoms with Crippen LogP contribution in [0.4, 0.5) is 0 Å². The molecule has 0 aromatic heterocycles. The number of hydrogen-bond acceptors (Lipinski definition) is 28. The summed E-state index contributed by atoms with van der Waals surface area (Å²) in [5.74, 6) is -15.5. The first-order valence-electron chi connectivity index (χ1n) is 35.2. The zero-order valence-electron chi connectivity index (χ0n) is 60.4. The predicted molar refractivity (Wildman–Crippen MR) is 381 cm³/mol. The van der Waals surface area contributed by atoms with Crippen LogP contribution in [0.15, 0.2) is 84.9 Å². The number of nitrogens with one attached hydrogen (secondary N) is 7. The number of hydrogen-bond donors (Lipinski definition) is 20. The highest BCUT2D eigenvalue weighted by molar-refractivity contribution is 6.32. The number of carbonyl (C=O) groups is 8. The van der Waals surface area contributed by atoms with Crippen molar-refractivity contribution in [1.29, 1.82) is 0 Å². The van der Waals surface area contributed by atoms with Crippen LogP contribution in [-0.2, 0) is 62.0 Å². The van der Waals surface area contributed by atoms with E-state index in [1.54, 1.807) is 0 Å². The monoisotopic (exact) mass is 1560 g/mol. The molecule has 3 saturated heterocycles. The molecule has 0 aliphatic carbocycles. The molecule has 7 amide bonds. The van der Waals surface area contributed by atoms with Crippen molar-refractivity contribution in [2.24, 2.45) is 23.1 Å². The van der Waals surface area contributed by atoms with E-state index in [-0.39, 0.29) is 53.4 Å². The molecule has 22 atom stereocenters. The molecule has 3 fully saturated rings. The van der Waals surface area contributed by atoms with Crippen molar-refractivity contribution in [2.75, 3.05) is 13.7 Å². The summed E-state index contributed by atoms with van der Waals surface area (Å²) in [7, 11) is 1.49. The van der Waals surface area contributed by atoms with Crippen molar-refractivity contribution in [3.63, 3.8) is 0 Å². The Morgan fingerprint density at radius 2 is 1.27 bits per heavy atom. The normalized spacial score (nSPS) is 32.2. The van der Waals surface area contributed by atoms with Crippen LogP contribution in [0.25, 0.3) is 11.1 Å². The van der Waals surface area contributed by atoms with Gasteiger partial charge in [0.25, 0.3) is 0 Å². The quantitative estimate of drug-likeness (QED) is 0.0639. The fraction of sp³-hybridized carbons (Fsp3) is 0.479. The van der Waals surface area contributed by atoms with Gasteiger partial charge in [-0.3, -0.25) is 33.6 Å². The highest BCUT2D eigenvalue weighted by Gasteiger charge is 2.52. The van der Waals surface area contributed by atoms with E-state index in [4.69, 9.17) is 66.7 Å². The van der Waals surface area contributed by atoms with E-state index in [1.165, 1.54) is 77.2 Å². The average molecular weight is 1560 g/mol. The van der Waals surface area contributed by atoms with Gasteiger partial charge in [-0.2, -0.15) is 0 Å². The number of primary amides is 1. The van der Waals surface area contributed by atoms with Gasteiger partial charge in [0, 0.05) is 46.7 Å². The van der Waals surface area contributed by atoms with Crippen LogP contribution >= 0.6 is 11.6 Å². The van der Waals surface area contributed by atoms with E-state index in [1.807, 2.05) is 13.8 Å². The van der Waals surface area contributed by atoms with Gasteiger partial charge in [-0.1, -0.05) is 49.7 Å². The summed E-state index contributed by atoms with van der Waals surface area (Å²) in [6.45, 7) is 8.65. The van der Waals surface area contributed by atoms with Crippen molar-refractivity contribution < 1.29 is 127 Å². The highest BCUT2D eigenvalue weighted by atomic mass is 35.5. The summed E-state index contributed by atoms with van der Waals surface area (Å²) in [6, 6.07) is 1.50. The number of nitrogens with two attached hydrogens (primary N) is 3. The van der Waals surface area contributed by atoms with Crippen LogP contribution in [0.1, 0.15) is 125 Å². The van der Waals surface area contributed by atoms with Gasteiger partial charge in [0.05, 0.1) is 48.5 Å². The number of aromatic hydroxyl groups is 3. The maximum Gasteiger partial charge on any atom is 0.330 e. The highest BCUT2D eigenvalue weighted by Crippen LogP contribution is 2.50. The molecule has 11 bridgehead atoms. The molecule has 36 nitrogen and oxygen atoms in total. The van der Waals surface area contributed by atoms with Gasteiger partial charge in [-0.15, -0.1) is 0 Å². The summed E-state index contributed by atoms with van der Waals surface area (Å²) < 4.78 is 51.7. The van der Waals surface area contributed by atoms with E-state index in [0.717, 1.165) is 42.5 Å². The second-order valence-electron chi connectivity index (χ2n) is 29.1. The molecule has 23 N–H and O–H groups in total. The first-order valence-corrected chi connectivity index (χ1v) is 35.6. The number of carbonyl (C=O) groups excluding carboxylic acids is 7. The van der Waals surface area contributed by atoms with Gasteiger partial charge in [0.1, 0.15) is 89.5 Å². The fourth-order valence-corrected chi connectivity index (χ4v) is 14.4. The first kappa shape index (κ1) is 81.4. The Morgan fingerprint density at radius 1 is 0.673 bits per heavy atom. The van der Waals surface area contributed by atoms with Crippen LogP contribution in [0, 0.1) is 5.92 Å². The SMILES string of the molecule is CN[C@H](CC(C)C)C(=O)N[C@H]1C(=O)N[C@H](CC(N)=O)C(=O)N[C@@H]2C(=O)N[C@H]3C(=O)N[C@@H](C(=O)N[C@H](C(=O)O)c4cc(O)cc(O)c4-c4cc3ccc4O)[C@@H](O[C@H]3C[C@](C)(N)[C@H](O)[C@@H](C)O3)c3ccc(c(Cl)c3)Oc3cc2cc(c3O[C@H]2O[C@H](CO)[C@@H](O)[C@@H](O)[C@@H]2O[C@@H]2C[C@@](C)(N)[C@@H](O)[C@H](C)O2)Oc2ccc(cc2)[C@@H]1O. The molecule has 13 rings (SSSR count). The third-order valence-electron chi connectivity index (χ3n) is 20.1. The molecule has 8 aliphatic heterocycles. The van der Waals surface area contributed by atoms with Crippen molar-refractivity contribution in [2.45, 2.75) is 201 Å². The molecule has 0 unspecified atom stereocenters. The third kappa shape index (κ3) is 17.3. The summed E-state index contributed by atoms with van der Waals surface area (Å²) in [5.41, 5.74) is 13.5. The molecule has 8 heterocycles. The maximum atomic E-state index is 16.3. The molecule has 110 heavy (non-hydrogen) atoms. The van der Waals surface area contributed by atoms with Crippen molar-refractivity contribution >= 4 is 58.9 Å². The van der Waals surface area contributed by atoms with Crippen molar-refractivity contribution in [1.82, 2.24) is 37.2 Å². The lowest BCUT2D eigenvalue weighted by Crippen LogP contribution is -2.64. The minimum absolute atomic E-state index is 0.0558. The first-order chi connectivity index (χ1) is 51.8. The smallest absolute Gasteiger partial charge is 0.330 e. The molecule has 5 aromatic carbocycles. The standard InChI is InChI=1S/C73H89ClN10O26/c1-27(2)16-39(78-7)64(95)83-54-56(90)30-8-12-35(13-9-30)105-44-19-33-20-45(60(44)110-71-61(58(92)57(91)46(26-85)107-71)109-49-25-73(6,77)63(94)29(4)104-49)106-43-15-11-32(18-38(43)74)59(108-48-24-72(5,76)62(93)28(3)103-48)55-69(100)82-53(70(101)102)37-21-34(86)22-42(88)50(37)36-17-31(10-14-41(36)87)51(66(97)84-55)81-67(98)52(33)80-65(96)40(23-47(75)89)79-68(54)99/h8-15,17-22,27-29,39-40,46,48-49,51-59,61-63,71,78,85-88,90-94H,16,23-26,76-77H2,1-7H3,(H2,75,89)(H,79,99)(H,80,96)(H,81,98)(H,82,100)(H,83,95)(H,84,97)(H,101,102)/t28-,29+,39-,40-,46-,48+,49-,51-,52+,53+,54-,55-,56+,57-,58-,59+,61+,62-,63+,71-,72+,73-/m1/s1. The Hall–Kier alpha value is -9.61. The van der Waals surface area contributed by atoms with E-state index in [0.29, 0.717) is 0 Å². The molecule has 37 heteroatoms. The Balaban J connectivity index is 1.18. The Labute approximate surface area is 633 Å². The maximum absolute atomic E-state index is 16.3. The van der Waals surface area contributed by atoms with Gasteiger partial charge in [-0.25, -0.2) is 4.79 Å². The molecular formula is C73H89ClN10O26. The number of aliphatic carboxylic acids is 1. The zero-order chi connectivity index (χ0) is 80.0. The van der Waals surface area contributed by atoms with Crippen molar-refractivity contribution in [3.05, 3.63) is 118 Å². The van der Waals surface area contributed by atoms with Crippen LogP contribution in [0.5, 0.6) is 46.0 Å². The van der Waals surface area contributed by atoms with Crippen LogP contribution < -0.4 is 68.6 Å². The van der Waals surface area contributed by atoms with E-state index >= 15 is 19.2 Å². The average Bonchev–Trinajstić information content (AvgIpc) is 0.766. The van der Waals surface area contributed by atoms with Crippen LogP contribution in [0.2, 0.25) is 5.02 Å². The lowest BCUT2D eigenvalue weighted by Gasteiger charge is -2.47. The molecule has 5 aromatic rings. The number of phenolic OH excluding ortho intramolecular Hbond substituents is 3. The third-order valence-corrected chi connectivity index (χ3v) is 20.4. The second-order valence-corrected chi connectivity index (χ2v) is 29.5. The minimum atomic E-state index is -2.34. The predicted octanol–water partition coefficient (Wildman–Crippen LogP) is -0.310. The van der Waals surface area contributed by atoms with Gasteiger partial charge in [0.15, 0.2) is 36.2 Å². The summed E-state index contributed by atoms with van der Waals surface area (Å²) >= 11 is 7.34. The van der Waals surface area contributed by atoms with Crippen molar-refractivity contribution in [3.8, 4) is 57.1 Å². The summed E-state index contributed by atoms with van der Waals surface area (Å²) in [4.78, 5) is 120. The van der Waals surface area contributed by atoms with Crippen LogP contribution in [-0.4, -0.2) is 215 Å². The lowest BCUT2D eigenvalue weighted by molar-refractivity contribution is -0.333. The fourth-order valence-electron chi connectivity index (χ4n) is 14.2. The van der Waals surface area contributed by atoms with E-state index in [2.05, 4.69) is 37.2 Å². The number of fused-ring (bicyclic) bond motifs is 15. The Bertz CT molecular complexity index is 4350. The largest absolute Gasteiger partial charge is 0.508 e. The topological polar surface area (TPSA) is 575 Å². The molecule has 594 valence electrons. The number of benzene rings is 5. The minimum Gasteiger partial charge on any atom is -0.508 e. The van der Waals surface area contributed by atoms with Gasteiger partial charge < -0.3 is 143 Å². The van der Waals surface area contributed by atoms with E-state index < -0.39 is 255 Å². The van der Waals surface area contributed by atoms with Crippen LogP contribution in [0.3, 0.4) is 0 Å².